The quantitative estimate of drug-likeness (QED) is 0.108. The smallest absolute Gasteiger partial charge is 0.258 e. The van der Waals surface area contributed by atoms with E-state index in [0.717, 1.165) is 31.8 Å². The summed E-state index contributed by atoms with van der Waals surface area (Å²) in [6, 6.07) is 17.1. The Labute approximate surface area is 237 Å². The molecule has 13 heteroatoms. The van der Waals surface area contributed by atoms with E-state index < -0.39 is 4.92 Å². The molecule has 6 rings (SSSR count). The van der Waals surface area contributed by atoms with E-state index in [9.17, 15) is 20.2 Å². The number of fused-ring (bicyclic) bond motifs is 2. The van der Waals surface area contributed by atoms with Gasteiger partial charge in [-0.2, -0.15) is 0 Å². The minimum atomic E-state index is -0.390. The topological polar surface area (TPSA) is 138 Å². The fourth-order valence-corrected chi connectivity index (χ4v) is 5.87. The van der Waals surface area contributed by atoms with Gasteiger partial charge in [-0.15, -0.1) is 0 Å². The van der Waals surface area contributed by atoms with Crippen molar-refractivity contribution >= 4 is 70.7 Å². The maximum Gasteiger partial charge on any atom is 0.279 e. The zero-order chi connectivity index (χ0) is 27.5. The van der Waals surface area contributed by atoms with E-state index in [0.29, 0.717) is 26.5 Å². The van der Waals surface area contributed by atoms with Crippen LogP contribution in [0.25, 0.3) is 41.8 Å². The first kappa shape index (κ1) is 26.4. The number of hydrogen-bond donors (Lipinski definition) is 0. The van der Waals surface area contributed by atoms with Crippen molar-refractivity contribution in [2.24, 2.45) is 0 Å². The van der Waals surface area contributed by atoms with Gasteiger partial charge in [-0.1, -0.05) is 62.9 Å². The van der Waals surface area contributed by atoms with Crippen molar-refractivity contribution in [3.63, 3.8) is 0 Å². The Balaban J connectivity index is 0.000000158. The lowest BCUT2D eigenvalue weighted by Crippen LogP contribution is -1.90. The Morgan fingerprint density at radius 3 is 1.77 bits per heavy atom. The summed E-state index contributed by atoms with van der Waals surface area (Å²) in [6.07, 6.45) is 3.54. The SMILES string of the molecule is Cc1cnc2sc(-c3ccccc3[N+](=O)[O-])nc2c1.O=[N+]([O-])c1ccccc1-c1nc2cc(CBr)cnc2s1. The molecule has 0 saturated heterocycles. The molecule has 0 aliphatic heterocycles. The first-order valence-electron chi connectivity index (χ1n) is 11.4. The van der Waals surface area contributed by atoms with Gasteiger partial charge in [0.1, 0.15) is 30.7 Å². The van der Waals surface area contributed by atoms with Crippen LogP contribution in [0.4, 0.5) is 11.4 Å². The van der Waals surface area contributed by atoms with Crippen LogP contribution in [0.2, 0.25) is 0 Å². The van der Waals surface area contributed by atoms with E-state index in [2.05, 4.69) is 35.9 Å². The largest absolute Gasteiger partial charge is 0.279 e. The first-order valence-corrected chi connectivity index (χ1v) is 14.1. The molecule has 10 nitrogen and oxygen atoms in total. The molecule has 0 saturated carbocycles. The summed E-state index contributed by atoms with van der Waals surface area (Å²) in [5.74, 6) is 0. The third-order valence-electron chi connectivity index (χ3n) is 5.51. The van der Waals surface area contributed by atoms with Gasteiger partial charge in [0.25, 0.3) is 11.4 Å². The van der Waals surface area contributed by atoms with Crippen LogP contribution in [0, 0.1) is 27.2 Å². The van der Waals surface area contributed by atoms with E-state index in [4.69, 9.17) is 0 Å². The molecule has 194 valence electrons. The molecule has 0 aliphatic rings. The lowest BCUT2D eigenvalue weighted by molar-refractivity contribution is -0.384. The summed E-state index contributed by atoms with van der Waals surface area (Å²) in [5, 5.41) is 24.0. The van der Waals surface area contributed by atoms with Crippen LogP contribution >= 0.6 is 38.6 Å². The zero-order valence-corrected chi connectivity index (χ0v) is 23.4. The van der Waals surface area contributed by atoms with Gasteiger partial charge in [-0.05, 0) is 42.3 Å². The lowest BCUT2D eigenvalue weighted by atomic mass is 10.2. The van der Waals surface area contributed by atoms with Crippen LogP contribution in [0.3, 0.4) is 0 Å². The molecule has 0 bridgehead atoms. The van der Waals surface area contributed by atoms with Crippen LogP contribution in [-0.2, 0) is 5.33 Å². The van der Waals surface area contributed by atoms with E-state index in [1.54, 1.807) is 48.8 Å². The van der Waals surface area contributed by atoms with Crippen molar-refractivity contribution < 1.29 is 9.85 Å². The Kier molecular flexibility index (Phi) is 7.63. The number of aromatic nitrogens is 4. The number of nitrogens with zero attached hydrogens (tertiary/aromatic N) is 6. The molecule has 4 aromatic heterocycles. The summed E-state index contributed by atoms with van der Waals surface area (Å²) >= 11 is 6.10. The van der Waals surface area contributed by atoms with Crippen LogP contribution in [0.15, 0.2) is 73.1 Å². The van der Waals surface area contributed by atoms with E-state index in [-0.39, 0.29) is 16.3 Å². The minimum Gasteiger partial charge on any atom is -0.258 e. The molecule has 6 aromatic rings. The number of nitro groups is 2. The van der Waals surface area contributed by atoms with Gasteiger partial charge in [0, 0.05) is 29.9 Å². The lowest BCUT2D eigenvalue weighted by Gasteiger charge is -1.97. The molecular formula is C26H17BrN6O4S2. The maximum absolute atomic E-state index is 11.1. The van der Waals surface area contributed by atoms with Crippen molar-refractivity contribution in [3.8, 4) is 21.1 Å². The van der Waals surface area contributed by atoms with E-state index >= 15 is 0 Å². The molecule has 0 radical (unpaired) electrons. The highest BCUT2D eigenvalue weighted by Gasteiger charge is 2.19. The summed E-state index contributed by atoms with van der Waals surface area (Å²) in [6.45, 7) is 1.94. The number of nitro benzene ring substituents is 2. The fourth-order valence-electron chi connectivity index (χ4n) is 3.72. The number of para-hydroxylation sites is 2. The fraction of sp³-hybridized carbons (Fsp3) is 0.0769. The summed E-state index contributed by atoms with van der Waals surface area (Å²) in [5.41, 5.74) is 4.78. The molecule has 4 heterocycles. The van der Waals surface area contributed by atoms with Gasteiger partial charge >= 0.3 is 0 Å². The zero-order valence-electron chi connectivity index (χ0n) is 20.1. The number of hydrogen-bond acceptors (Lipinski definition) is 10. The van der Waals surface area contributed by atoms with E-state index in [1.807, 2.05) is 19.1 Å². The highest BCUT2D eigenvalue weighted by atomic mass is 79.9. The Morgan fingerprint density at radius 1 is 0.769 bits per heavy atom. The van der Waals surface area contributed by atoms with Crippen LogP contribution in [0.1, 0.15) is 11.1 Å². The van der Waals surface area contributed by atoms with Gasteiger partial charge in [-0.3, -0.25) is 20.2 Å². The second kappa shape index (κ2) is 11.3. The first-order chi connectivity index (χ1) is 18.8. The highest BCUT2D eigenvalue weighted by Crippen LogP contribution is 2.36. The number of benzene rings is 2. The average molecular weight is 621 g/mol. The number of alkyl halides is 1. The Morgan fingerprint density at radius 2 is 1.26 bits per heavy atom. The molecule has 2 aromatic carbocycles. The van der Waals surface area contributed by atoms with Gasteiger partial charge in [-0.25, -0.2) is 19.9 Å². The average Bonchev–Trinajstić information content (AvgIpc) is 3.56. The maximum atomic E-state index is 11.1. The Hall–Kier alpha value is -4.20. The van der Waals surface area contributed by atoms with Crippen molar-refractivity contribution in [3.05, 3.63) is 104 Å². The normalized spacial score (nSPS) is 10.8. The molecular weight excluding hydrogens is 604 g/mol. The molecule has 0 N–H and O–H groups in total. The monoisotopic (exact) mass is 620 g/mol. The van der Waals surface area contributed by atoms with Gasteiger partial charge in [0.05, 0.1) is 21.0 Å². The van der Waals surface area contributed by atoms with Crippen LogP contribution < -0.4 is 0 Å². The summed E-state index contributed by atoms with van der Waals surface area (Å²) in [4.78, 5) is 40.4. The van der Waals surface area contributed by atoms with Crippen LogP contribution in [-0.4, -0.2) is 29.8 Å². The third-order valence-corrected chi connectivity index (χ3v) is 8.18. The standard InChI is InChI=1S/C13H8BrN3O2S.C13H9N3O2S/c14-6-8-5-10-13(15-7-8)20-12(16-10)9-3-1-2-4-11(9)17(18)19;1-8-6-10-13(14-7-8)19-12(15-10)9-4-2-3-5-11(9)16(17)18/h1-5,7H,6H2;2-7H,1H3. The molecule has 0 spiro atoms. The molecule has 0 aliphatic carbocycles. The van der Waals surface area contributed by atoms with Crippen molar-refractivity contribution in [2.45, 2.75) is 12.3 Å². The molecule has 39 heavy (non-hydrogen) atoms. The molecule has 0 fully saturated rings. The molecule has 0 unspecified atom stereocenters. The highest BCUT2D eigenvalue weighted by molar-refractivity contribution is 9.08. The number of thiazole rings is 2. The van der Waals surface area contributed by atoms with Crippen molar-refractivity contribution in [2.75, 3.05) is 0 Å². The number of halogens is 1. The van der Waals surface area contributed by atoms with Gasteiger partial charge in [0.2, 0.25) is 0 Å². The summed E-state index contributed by atoms with van der Waals surface area (Å²) < 4.78 is 0. The number of aryl methyl sites for hydroxylation is 1. The van der Waals surface area contributed by atoms with Crippen LogP contribution in [0.5, 0.6) is 0 Å². The van der Waals surface area contributed by atoms with Crippen molar-refractivity contribution in [1.82, 2.24) is 19.9 Å². The van der Waals surface area contributed by atoms with Gasteiger partial charge in [0.15, 0.2) is 0 Å². The molecule has 0 amide bonds. The second-order valence-corrected chi connectivity index (χ2v) is 10.7. The Bertz CT molecular complexity index is 1860. The number of pyridine rings is 2. The number of rotatable bonds is 5. The predicted molar refractivity (Wildman–Crippen MR) is 156 cm³/mol. The predicted octanol–water partition coefficient (Wildman–Crippen LogP) is 7.74. The minimum absolute atomic E-state index is 0.0623. The second-order valence-electron chi connectivity index (χ2n) is 8.22. The molecule has 0 atom stereocenters. The summed E-state index contributed by atoms with van der Waals surface area (Å²) in [7, 11) is 0. The van der Waals surface area contributed by atoms with Crippen molar-refractivity contribution in [1.29, 1.82) is 0 Å². The van der Waals surface area contributed by atoms with Gasteiger partial charge < -0.3 is 0 Å². The third kappa shape index (κ3) is 5.65. The van der Waals surface area contributed by atoms with E-state index in [1.165, 1.54) is 34.8 Å².